The third-order valence-corrected chi connectivity index (χ3v) is 3.48. The van der Waals surface area contributed by atoms with Crippen LogP contribution in [0.5, 0.6) is 0 Å². The topological polar surface area (TPSA) is 69.6 Å². The minimum Gasteiger partial charge on any atom is -0.480 e. The molecule has 2 amide bonds. The molecule has 1 unspecified atom stereocenters. The molecule has 0 aromatic carbocycles. The van der Waals surface area contributed by atoms with Gasteiger partial charge in [-0.05, 0) is 25.7 Å². The number of nitrogens with one attached hydrogen (secondary N) is 1. The van der Waals surface area contributed by atoms with E-state index in [4.69, 9.17) is 5.11 Å². The molecule has 16 heavy (non-hydrogen) atoms. The van der Waals surface area contributed by atoms with E-state index < -0.39 is 12.0 Å². The number of carboxylic acids is 1. The van der Waals surface area contributed by atoms with Gasteiger partial charge in [0.25, 0.3) is 0 Å². The number of likely N-dealkylation sites (tertiary alicyclic amines) is 1. The minimum atomic E-state index is -0.890. The predicted octanol–water partition coefficient (Wildman–Crippen LogP) is 1.19. The third-order valence-electron chi connectivity index (χ3n) is 3.48. The van der Waals surface area contributed by atoms with Crippen LogP contribution in [0.4, 0.5) is 4.79 Å². The van der Waals surface area contributed by atoms with Gasteiger partial charge in [-0.3, -0.25) is 0 Å². The lowest BCUT2D eigenvalue weighted by Crippen LogP contribution is -2.48. The molecule has 1 atom stereocenters. The van der Waals surface area contributed by atoms with Crippen LogP contribution in [0.2, 0.25) is 0 Å². The molecule has 1 aliphatic carbocycles. The zero-order valence-electron chi connectivity index (χ0n) is 9.32. The van der Waals surface area contributed by atoms with Crippen molar-refractivity contribution in [3.05, 3.63) is 0 Å². The Bertz CT molecular complexity index is 287. The van der Waals surface area contributed by atoms with Gasteiger partial charge in [-0.25, -0.2) is 9.59 Å². The molecule has 0 aromatic heterocycles. The molecular formula is C11H18N2O3. The molecule has 1 saturated carbocycles. The molecule has 2 rings (SSSR count). The molecular weight excluding hydrogens is 208 g/mol. The van der Waals surface area contributed by atoms with Gasteiger partial charge in [0.15, 0.2) is 0 Å². The quantitative estimate of drug-likeness (QED) is 0.743. The number of carbonyl (C=O) groups excluding carboxylic acids is 1. The second-order valence-corrected chi connectivity index (χ2v) is 4.62. The Labute approximate surface area is 94.8 Å². The first kappa shape index (κ1) is 11.2. The summed E-state index contributed by atoms with van der Waals surface area (Å²) in [4.78, 5) is 24.3. The zero-order chi connectivity index (χ0) is 11.5. The maximum atomic E-state index is 11.9. The van der Waals surface area contributed by atoms with Gasteiger partial charge in [-0.2, -0.15) is 0 Å². The van der Waals surface area contributed by atoms with Crippen molar-refractivity contribution < 1.29 is 14.7 Å². The highest BCUT2D eigenvalue weighted by Crippen LogP contribution is 2.20. The van der Waals surface area contributed by atoms with Gasteiger partial charge in [-0.1, -0.05) is 12.8 Å². The number of urea groups is 1. The molecule has 1 heterocycles. The second kappa shape index (κ2) is 4.72. The summed E-state index contributed by atoms with van der Waals surface area (Å²) in [5, 5.41) is 11.9. The number of hydrogen-bond acceptors (Lipinski definition) is 2. The van der Waals surface area contributed by atoms with E-state index >= 15 is 0 Å². The average Bonchev–Trinajstić information content (AvgIpc) is 2.86. The summed E-state index contributed by atoms with van der Waals surface area (Å²) in [5.74, 6) is -0.890. The average molecular weight is 226 g/mol. The smallest absolute Gasteiger partial charge is 0.326 e. The lowest BCUT2D eigenvalue weighted by molar-refractivity contribution is -0.141. The van der Waals surface area contributed by atoms with E-state index in [1.807, 2.05) is 0 Å². The molecule has 2 N–H and O–H groups in total. The van der Waals surface area contributed by atoms with Gasteiger partial charge in [-0.15, -0.1) is 0 Å². The Balaban J connectivity index is 1.90. The number of carboxylic acid groups (broad SMARTS) is 1. The van der Waals surface area contributed by atoms with Crippen LogP contribution in [0.3, 0.4) is 0 Å². The number of carbonyl (C=O) groups is 2. The van der Waals surface area contributed by atoms with Crippen LogP contribution in [0.1, 0.15) is 38.5 Å². The minimum absolute atomic E-state index is 0.197. The Morgan fingerprint density at radius 3 is 2.44 bits per heavy atom. The van der Waals surface area contributed by atoms with Gasteiger partial charge in [0.1, 0.15) is 6.04 Å². The maximum Gasteiger partial charge on any atom is 0.326 e. The normalized spacial score (nSPS) is 26.0. The first-order valence-corrected chi connectivity index (χ1v) is 5.98. The van der Waals surface area contributed by atoms with Crippen LogP contribution < -0.4 is 5.32 Å². The van der Waals surface area contributed by atoms with Crippen molar-refractivity contribution in [2.45, 2.75) is 50.6 Å². The summed E-state index contributed by atoms with van der Waals surface area (Å²) >= 11 is 0. The number of rotatable bonds is 2. The second-order valence-electron chi connectivity index (χ2n) is 4.62. The SMILES string of the molecule is O=C(O)C1CCCN1C(=O)NC1CCCC1. The van der Waals surface area contributed by atoms with Gasteiger partial charge in [0.2, 0.25) is 0 Å². The molecule has 1 aliphatic heterocycles. The third kappa shape index (κ3) is 2.28. The molecule has 2 aliphatic rings. The fraction of sp³-hybridized carbons (Fsp3) is 0.818. The van der Waals surface area contributed by atoms with E-state index in [0.717, 1.165) is 32.1 Å². The Morgan fingerprint density at radius 2 is 1.81 bits per heavy atom. The molecule has 0 aromatic rings. The fourth-order valence-corrected chi connectivity index (χ4v) is 2.59. The number of nitrogens with zero attached hydrogens (tertiary/aromatic N) is 1. The highest BCUT2D eigenvalue weighted by atomic mass is 16.4. The van der Waals surface area contributed by atoms with Crippen molar-refractivity contribution in [1.82, 2.24) is 10.2 Å². The molecule has 1 saturated heterocycles. The predicted molar refractivity (Wildman–Crippen MR) is 58.2 cm³/mol. The number of hydrogen-bond donors (Lipinski definition) is 2. The summed E-state index contributed by atoms with van der Waals surface area (Å²) in [6.45, 7) is 0.565. The summed E-state index contributed by atoms with van der Waals surface area (Å²) in [7, 11) is 0. The van der Waals surface area contributed by atoms with Crippen LogP contribution >= 0.6 is 0 Å². The van der Waals surface area contributed by atoms with Crippen LogP contribution in [0.15, 0.2) is 0 Å². The maximum absolute atomic E-state index is 11.9. The summed E-state index contributed by atoms with van der Waals surface area (Å²) in [5.41, 5.74) is 0. The van der Waals surface area contributed by atoms with Crippen molar-refractivity contribution in [1.29, 1.82) is 0 Å². The molecule has 90 valence electrons. The van der Waals surface area contributed by atoms with Crippen LogP contribution in [0.25, 0.3) is 0 Å². The van der Waals surface area contributed by atoms with Crippen molar-refractivity contribution in [2.24, 2.45) is 0 Å². The Morgan fingerprint density at radius 1 is 1.12 bits per heavy atom. The van der Waals surface area contributed by atoms with E-state index in [1.165, 1.54) is 4.90 Å². The summed E-state index contributed by atoms with van der Waals surface area (Å²) in [6.07, 6.45) is 5.73. The number of aliphatic carboxylic acids is 1. The molecule has 2 fully saturated rings. The molecule has 5 nitrogen and oxygen atoms in total. The molecule has 0 radical (unpaired) electrons. The number of amides is 2. The van der Waals surface area contributed by atoms with Crippen molar-refractivity contribution in [3.63, 3.8) is 0 Å². The molecule has 0 bridgehead atoms. The summed E-state index contributed by atoms with van der Waals surface area (Å²) in [6, 6.07) is -0.569. The van der Waals surface area contributed by atoms with Crippen LogP contribution in [0, 0.1) is 0 Å². The van der Waals surface area contributed by atoms with Gasteiger partial charge in [0.05, 0.1) is 0 Å². The zero-order valence-corrected chi connectivity index (χ0v) is 9.32. The lowest BCUT2D eigenvalue weighted by atomic mass is 10.2. The van der Waals surface area contributed by atoms with E-state index in [2.05, 4.69) is 5.32 Å². The molecule has 0 spiro atoms. The first-order chi connectivity index (χ1) is 7.68. The fourth-order valence-electron chi connectivity index (χ4n) is 2.59. The Kier molecular flexibility index (Phi) is 3.31. The standard InChI is InChI=1S/C11H18N2O3/c14-10(15)9-6-3-7-13(9)11(16)12-8-4-1-2-5-8/h8-9H,1-7H2,(H,12,16)(H,14,15). The summed E-state index contributed by atoms with van der Waals surface area (Å²) < 4.78 is 0. The van der Waals surface area contributed by atoms with Crippen LogP contribution in [-0.4, -0.2) is 40.6 Å². The largest absolute Gasteiger partial charge is 0.480 e. The van der Waals surface area contributed by atoms with Crippen molar-refractivity contribution in [2.75, 3.05) is 6.54 Å². The van der Waals surface area contributed by atoms with E-state index in [1.54, 1.807) is 0 Å². The van der Waals surface area contributed by atoms with E-state index in [0.29, 0.717) is 13.0 Å². The lowest BCUT2D eigenvalue weighted by Gasteiger charge is -2.24. The van der Waals surface area contributed by atoms with Crippen LogP contribution in [-0.2, 0) is 4.79 Å². The molecule has 5 heteroatoms. The van der Waals surface area contributed by atoms with E-state index in [9.17, 15) is 9.59 Å². The Hall–Kier alpha value is -1.26. The van der Waals surface area contributed by atoms with Gasteiger partial charge >= 0.3 is 12.0 Å². The van der Waals surface area contributed by atoms with Gasteiger partial charge in [0, 0.05) is 12.6 Å². The highest BCUT2D eigenvalue weighted by molar-refractivity contribution is 5.83. The monoisotopic (exact) mass is 226 g/mol. The van der Waals surface area contributed by atoms with E-state index in [-0.39, 0.29) is 12.1 Å². The van der Waals surface area contributed by atoms with Crippen molar-refractivity contribution >= 4 is 12.0 Å². The van der Waals surface area contributed by atoms with Crippen molar-refractivity contribution in [3.8, 4) is 0 Å². The first-order valence-electron chi connectivity index (χ1n) is 5.98. The van der Waals surface area contributed by atoms with Gasteiger partial charge < -0.3 is 15.3 Å². The highest BCUT2D eigenvalue weighted by Gasteiger charge is 2.34.